The molecule has 1 aliphatic heterocycles. The van der Waals surface area contributed by atoms with E-state index in [1.165, 1.54) is 17.3 Å². The van der Waals surface area contributed by atoms with Crippen molar-refractivity contribution >= 4 is 15.8 Å². The van der Waals surface area contributed by atoms with E-state index in [2.05, 4.69) is 9.88 Å². The largest absolute Gasteiger partial charge is 0.295 e. The molecule has 0 aliphatic carbocycles. The van der Waals surface area contributed by atoms with Gasteiger partial charge in [0, 0.05) is 44.5 Å². The molecule has 132 valence electrons. The van der Waals surface area contributed by atoms with Gasteiger partial charge in [-0.3, -0.25) is 14.7 Å². The quantitative estimate of drug-likeness (QED) is 0.761. The van der Waals surface area contributed by atoms with E-state index in [0.717, 1.165) is 5.69 Å². The van der Waals surface area contributed by atoms with E-state index in [1.54, 1.807) is 24.4 Å². The molecule has 0 unspecified atom stereocenters. The van der Waals surface area contributed by atoms with Gasteiger partial charge in [0.2, 0.25) is 10.0 Å². The molecule has 25 heavy (non-hydrogen) atoms. The van der Waals surface area contributed by atoms with Crippen LogP contribution in [0.4, 0.5) is 0 Å². The van der Waals surface area contributed by atoms with Crippen LogP contribution in [0.5, 0.6) is 0 Å². The van der Waals surface area contributed by atoms with Gasteiger partial charge in [-0.25, -0.2) is 8.42 Å². The van der Waals surface area contributed by atoms with Crippen LogP contribution in [0.1, 0.15) is 23.0 Å². The molecule has 1 aromatic carbocycles. The molecule has 0 bridgehead atoms. The molecular formula is C18H21N3O3S. The molecule has 0 atom stereocenters. The average molecular weight is 359 g/mol. The van der Waals surface area contributed by atoms with E-state index in [4.69, 9.17) is 0 Å². The Balaban J connectivity index is 1.67. The minimum absolute atomic E-state index is 0.141. The van der Waals surface area contributed by atoms with Crippen LogP contribution in [0, 0.1) is 0 Å². The first kappa shape index (κ1) is 17.7. The lowest BCUT2D eigenvalue weighted by molar-refractivity contribution is 0.101. The summed E-state index contributed by atoms with van der Waals surface area (Å²) in [6, 6.07) is 12.0. The third kappa shape index (κ3) is 4.12. The van der Waals surface area contributed by atoms with Crippen molar-refractivity contribution in [1.29, 1.82) is 0 Å². The molecule has 1 saturated heterocycles. The van der Waals surface area contributed by atoms with Gasteiger partial charge in [0.25, 0.3) is 0 Å². The van der Waals surface area contributed by atoms with Crippen LogP contribution in [-0.2, 0) is 16.6 Å². The van der Waals surface area contributed by atoms with Crippen LogP contribution in [0.15, 0.2) is 53.6 Å². The summed E-state index contributed by atoms with van der Waals surface area (Å²) in [5, 5.41) is 0. The first-order chi connectivity index (χ1) is 12.0. The van der Waals surface area contributed by atoms with Crippen molar-refractivity contribution in [2.24, 2.45) is 0 Å². The number of nitrogens with zero attached hydrogens (tertiary/aromatic N) is 3. The lowest BCUT2D eigenvalue weighted by Crippen LogP contribution is -2.48. The normalized spacial score (nSPS) is 16.7. The summed E-state index contributed by atoms with van der Waals surface area (Å²) in [5.41, 5.74) is 1.39. The maximum absolute atomic E-state index is 12.8. The standard InChI is InChI=1S/C18H21N3O3S/c1-15(22)16-5-4-7-18(13-16)25(23,24)21-11-9-20(10-12-21)14-17-6-2-3-8-19-17/h2-8,13H,9-12,14H2,1H3. The Morgan fingerprint density at radius 2 is 1.84 bits per heavy atom. The zero-order chi connectivity index (χ0) is 17.9. The predicted octanol–water partition coefficient (Wildman–Crippen LogP) is 1.79. The highest BCUT2D eigenvalue weighted by Crippen LogP contribution is 2.19. The van der Waals surface area contributed by atoms with Crippen molar-refractivity contribution in [2.75, 3.05) is 26.2 Å². The summed E-state index contributed by atoms with van der Waals surface area (Å²) in [4.78, 5) is 18.2. The summed E-state index contributed by atoms with van der Waals surface area (Å²) < 4.78 is 27.1. The molecule has 1 fully saturated rings. The highest BCUT2D eigenvalue weighted by Gasteiger charge is 2.28. The number of carbonyl (C=O) groups excluding carboxylic acids is 1. The molecular weight excluding hydrogens is 338 g/mol. The van der Waals surface area contributed by atoms with E-state index in [9.17, 15) is 13.2 Å². The monoisotopic (exact) mass is 359 g/mol. The van der Waals surface area contributed by atoms with Gasteiger partial charge in [0.15, 0.2) is 5.78 Å². The summed E-state index contributed by atoms with van der Waals surface area (Å²) in [7, 11) is -3.58. The Bertz CT molecular complexity index is 845. The van der Waals surface area contributed by atoms with Crippen LogP contribution in [0.3, 0.4) is 0 Å². The molecule has 0 spiro atoms. The van der Waals surface area contributed by atoms with Crippen LogP contribution in [-0.4, -0.2) is 54.6 Å². The van der Waals surface area contributed by atoms with Crippen molar-refractivity contribution in [2.45, 2.75) is 18.4 Å². The second kappa shape index (κ2) is 7.43. The Morgan fingerprint density at radius 1 is 1.08 bits per heavy atom. The van der Waals surface area contributed by atoms with Gasteiger partial charge >= 0.3 is 0 Å². The summed E-state index contributed by atoms with van der Waals surface area (Å²) in [5.74, 6) is -0.141. The number of Topliss-reactive ketones (excluding diaryl/α,β-unsaturated/α-hetero) is 1. The van der Waals surface area contributed by atoms with E-state index in [0.29, 0.717) is 38.3 Å². The van der Waals surface area contributed by atoms with E-state index >= 15 is 0 Å². The average Bonchev–Trinajstić information content (AvgIpc) is 2.63. The zero-order valence-corrected chi connectivity index (χ0v) is 14.9. The molecule has 2 aromatic rings. The number of rotatable bonds is 5. The molecule has 0 N–H and O–H groups in total. The fourth-order valence-corrected chi connectivity index (χ4v) is 4.34. The number of aromatic nitrogens is 1. The molecule has 2 heterocycles. The zero-order valence-electron chi connectivity index (χ0n) is 14.1. The minimum Gasteiger partial charge on any atom is -0.295 e. The predicted molar refractivity (Wildman–Crippen MR) is 94.7 cm³/mol. The summed E-state index contributed by atoms with van der Waals surface area (Å²) in [6.45, 7) is 4.32. The molecule has 3 rings (SSSR count). The lowest BCUT2D eigenvalue weighted by Gasteiger charge is -2.33. The summed E-state index contributed by atoms with van der Waals surface area (Å²) >= 11 is 0. The Morgan fingerprint density at radius 3 is 2.48 bits per heavy atom. The third-order valence-corrected chi connectivity index (χ3v) is 6.22. The first-order valence-electron chi connectivity index (χ1n) is 8.20. The van der Waals surface area contributed by atoms with E-state index < -0.39 is 10.0 Å². The lowest BCUT2D eigenvalue weighted by atomic mass is 10.2. The first-order valence-corrected chi connectivity index (χ1v) is 9.64. The number of hydrogen-bond donors (Lipinski definition) is 0. The number of carbonyl (C=O) groups is 1. The molecule has 7 heteroatoms. The fraction of sp³-hybridized carbons (Fsp3) is 0.333. The van der Waals surface area contributed by atoms with Crippen LogP contribution in [0.2, 0.25) is 0 Å². The van der Waals surface area contributed by atoms with Crippen LogP contribution < -0.4 is 0 Å². The molecule has 0 saturated carbocycles. The third-order valence-electron chi connectivity index (χ3n) is 4.32. The molecule has 0 radical (unpaired) electrons. The molecule has 1 aromatic heterocycles. The molecule has 1 aliphatic rings. The number of hydrogen-bond acceptors (Lipinski definition) is 5. The van der Waals surface area contributed by atoms with E-state index in [-0.39, 0.29) is 10.7 Å². The van der Waals surface area contributed by atoms with Crippen molar-refractivity contribution < 1.29 is 13.2 Å². The molecule has 6 nitrogen and oxygen atoms in total. The van der Waals surface area contributed by atoms with Gasteiger partial charge in [0.05, 0.1) is 10.6 Å². The van der Waals surface area contributed by atoms with Crippen molar-refractivity contribution in [3.63, 3.8) is 0 Å². The summed E-state index contributed by atoms with van der Waals surface area (Å²) in [6.07, 6.45) is 1.76. The number of sulfonamides is 1. The Labute approximate surface area is 148 Å². The molecule has 0 amide bonds. The van der Waals surface area contributed by atoms with E-state index in [1.807, 2.05) is 18.2 Å². The van der Waals surface area contributed by atoms with Crippen molar-refractivity contribution in [1.82, 2.24) is 14.2 Å². The van der Waals surface area contributed by atoms with Gasteiger partial charge in [-0.1, -0.05) is 18.2 Å². The smallest absolute Gasteiger partial charge is 0.243 e. The highest BCUT2D eigenvalue weighted by atomic mass is 32.2. The second-order valence-corrected chi connectivity index (χ2v) is 8.02. The van der Waals surface area contributed by atoms with Gasteiger partial charge in [-0.2, -0.15) is 4.31 Å². The highest BCUT2D eigenvalue weighted by molar-refractivity contribution is 7.89. The van der Waals surface area contributed by atoms with Crippen LogP contribution >= 0.6 is 0 Å². The number of benzene rings is 1. The van der Waals surface area contributed by atoms with Gasteiger partial charge in [-0.15, -0.1) is 0 Å². The Hall–Kier alpha value is -2.09. The van der Waals surface area contributed by atoms with Crippen molar-refractivity contribution in [3.05, 3.63) is 59.9 Å². The fourth-order valence-electron chi connectivity index (χ4n) is 2.87. The second-order valence-electron chi connectivity index (χ2n) is 6.09. The number of ketones is 1. The van der Waals surface area contributed by atoms with Gasteiger partial charge in [-0.05, 0) is 31.2 Å². The SMILES string of the molecule is CC(=O)c1cccc(S(=O)(=O)N2CCN(Cc3ccccn3)CC2)c1. The minimum atomic E-state index is -3.58. The van der Waals surface area contributed by atoms with Crippen LogP contribution in [0.25, 0.3) is 0 Å². The van der Waals surface area contributed by atoms with Gasteiger partial charge < -0.3 is 0 Å². The number of pyridine rings is 1. The van der Waals surface area contributed by atoms with Crippen molar-refractivity contribution in [3.8, 4) is 0 Å². The maximum atomic E-state index is 12.8. The van der Waals surface area contributed by atoms with Gasteiger partial charge in [0.1, 0.15) is 0 Å². The Kier molecular flexibility index (Phi) is 5.27. The maximum Gasteiger partial charge on any atom is 0.243 e. The number of piperazine rings is 1. The topological polar surface area (TPSA) is 70.6 Å².